The van der Waals surface area contributed by atoms with Crippen LogP contribution in [-0.2, 0) is 16.8 Å². The van der Waals surface area contributed by atoms with Gasteiger partial charge in [-0.2, -0.15) is 4.98 Å². The molecule has 0 bridgehead atoms. The van der Waals surface area contributed by atoms with Crippen LogP contribution in [0.25, 0.3) is 0 Å². The quantitative estimate of drug-likeness (QED) is 0.861. The molecule has 1 fully saturated rings. The molecule has 0 saturated heterocycles. The first-order valence-electron chi connectivity index (χ1n) is 8.53. The van der Waals surface area contributed by atoms with Gasteiger partial charge in [-0.25, -0.2) is 4.79 Å². The van der Waals surface area contributed by atoms with E-state index in [0.717, 1.165) is 36.1 Å². The molecule has 1 aromatic heterocycles. The Morgan fingerprint density at radius 2 is 1.96 bits per heavy atom. The number of carbonyl (C=O) groups excluding carboxylic acids is 1. The lowest BCUT2D eigenvalue weighted by Gasteiger charge is -2.43. The highest BCUT2D eigenvalue weighted by molar-refractivity contribution is 6.30. The fourth-order valence-electron chi connectivity index (χ4n) is 3.48. The van der Waals surface area contributed by atoms with Crippen molar-refractivity contribution >= 4 is 17.5 Å². The first-order chi connectivity index (χ1) is 11.9. The van der Waals surface area contributed by atoms with E-state index in [2.05, 4.69) is 15.3 Å². The molecule has 1 heterocycles. The summed E-state index contributed by atoms with van der Waals surface area (Å²) < 4.78 is 0. The van der Waals surface area contributed by atoms with E-state index in [4.69, 9.17) is 11.6 Å². The van der Waals surface area contributed by atoms with Gasteiger partial charge in [0, 0.05) is 22.8 Å². The zero-order chi connectivity index (χ0) is 18.0. The predicted octanol–water partition coefficient (Wildman–Crippen LogP) is 3.17. The monoisotopic (exact) mass is 359 g/mol. The SMILES string of the molecule is Cc1nc(=O)[nH]c(C)c1CCC(=O)NC1(c2ccc(Cl)cc2)CCC1. The number of halogens is 1. The lowest BCUT2D eigenvalue weighted by Crippen LogP contribution is -2.50. The second kappa shape index (κ2) is 7.00. The lowest BCUT2D eigenvalue weighted by molar-refractivity contribution is -0.124. The van der Waals surface area contributed by atoms with Crippen molar-refractivity contribution in [2.75, 3.05) is 0 Å². The highest BCUT2D eigenvalue weighted by Gasteiger charge is 2.39. The number of hydrogen-bond acceptors (Lipinski definition) is 3. The molecule has 25 heavy (non-hydrogen) atoms. The van der Waals surface area contributed by atoms with Gasteiger partial charge < -0.3 is 10.3 Å². The van der Waals surface area contributed by atoms with Gasteiger partial charge in [-0.05, 0) is 62.8 Å². The maximum atomic E-state index is 12.5. The van der Waals surface area contributed by atoms with Crippen LogP contribution >= 0.6 is 11.6 Å². The summed E-state index contributed by atoms with van der Waals surface area (Å²) in [6.07, 6.45) is 3.91. The van der Waals surface area contributed by atoms with Crippen molar-refractivity contribution in [3.63, 3.8) is 0 Å². The number of rotatable bonds is 5. The summed E-state index contributed by atoms with van der Waals surface area (Å²) in [5.74, 6) is 0.0136. The zero-order valence-corrected chi connectivity index (χ0v) is 15.2. The Labute approximate surface area is 151 Å². The molecule has 3 rings (SSSR count). The fourth-order valence-corrected chi connectivity index (χ4v) is 3.60. The summed E-state index contributed by atoms with van der Waals surface area (Å²) in [5.41, 5.74) is 2.89. The first kappa shape index (κ1) is 17.7. The van der Waals surface area contributed by atoms with Gasteiger partial charge in [-0.15, -0.1) is 0 Å². The molecule has 2 N–H and O–H groups in total. The number of nitrogens with zero attached hydrogens (tertiary/aromatic N) is 1. The summed E-state index contributed by atoms with van der Waals surface area (Å²) in [5, 5.41) is 3.91. The number of aryl methyl sites for hydroxylation is 2. The Balaban J connectivity index is 1.68. The molecule has 6 heteroatoms. The molecule has 1 aliphatic rings. The molecular formula is C19H22ClN3O2. The molecule has 0 radical (unpaired) electrons. The minimum Gasteiger partial charge on any atom is -0.347 e. The van der Waals surface area contributed by atoms with Gasteiger partial charge in [0.15, 0.2) is 0 Å². The molecule has 1 aliphatic carbocycles. The molecule has 1 saturated carbocycles. The molecule has 2 aromatic rings. The number of aromatic amines is 1. The largest absolute Gasteiger partial charge is 0.347 e. The Kier molecular flexibility index (Phi) is 4.95. The van der Waals surface area contributed by atoms with E-state index in [9.17, 15) is 9.59 Å². The minimum atomic E-state index is -0.348. The maximum absolute atomic E-state index is 12.5. The lowest BCUT2D eigenvalue weighted by atomic mass is 9.71. The minimum absolute atomic E-state index is 0.0136. The smallest absolute Gasteiger partial charge is 0.345 e. The van der Waals surface area contributed by atoms with E-state index in [1.165, 1.54) is 0 Å². The molecule has 1 amide bonds. The van der Waals surface area contributed by atoms with Gasteiger partial charge in [-0.1, -0.05) is 23.7 Å². The van der Waals surface area contributed by atoms with Crippen molar-refractivity contribution in [3.8, 4) is 0 Å². The second-order valence-corrected chi connectivity index (χ2v) is 7.16. The normalized spacial score (nSPS) is 15.5. The van der Waals surface area contributed by atoms with E-state index in [1.807, 2.05) is 31.2 Å². The summed E-state index contributed by atoms with van der Waals surface area (Å²) >= 11 is 5.97. The van der Waals surface area contributed by atoms with Crippen LogP contribution in [0.5, 0.6) is 0 Å². The Morgan fingerprint density at radius 1 is 1.28 bits per heavy atom. The zero-order valence-electron chi connectivity index (χ0n) is 14.5. The van der Waals surface area contributed by atoms with Crippen LogP contribution in [0.4, 0.5) is 0 Å². The van der Waals surface area contributed by atoms with Gasteiger partial charge in [0.05, 0.1) is 5.54 Å². The Morgan fingerprint density at radius 3 is 2.52 bits per heavy atom. The number of aromatic nitrogens is 2. The van der Waals surface area contributed by atoms with Crippen molar-refractivity contribution in [2.45, 2.75) is 51.5 Å². The molecular weight excluding hydrogens is 338 g/mol. The molecule has 1 aromatic carbocycles. The van der Waals surface area contributed by atoms with Gasteiger partial charge in [0.2, 0.25) is 5.91 Å². The third-order valence-electron chi connectivity index (χ3n) is 5.04. The average Bonchev–Trinajstić information content (AvgIpc) is 2.51. The molecule has 0 spiro atoms. The third-order valence-corrected chi connectivity index (χ3v) is 5.29. The first-order valence-corrected chi connectivity index (χ1v) is 8.91. The summed E-state index contributed by atoms with van der Waals surface area (Å²) in [7, 11) is 0. The van der Waals surface area contributed by atoms with E-state index in [1.54, 1.807) is 6.92 Å². The number of nitrogens with one attached hydrogen (secondary N) is 2. The molecule has 5 nitrogen and oxygen atoms in total. The molecule has 0 aliphatic heterocycles. The summed E-state index contributed by atoms with van der Waals surface area (Å²) in [4.78, 5) is 30.5. The van der Waals surface area contributed by atoms with Gasteiger partial charge in [0.25, 0.3) is 0 Å². The van der Waals surface area contributed by atoms with Gasteiger partial charge >= 0.3 is 5.69 Å². The van der Waals surface area contributed by atoms with Crippen LogP contribution in [0.1, 0.15) is 48.2 Å². The number of H-pyrrole nitrogens is 1. The fraction of sp³-hybridized carbons (Fsp3) is 0.421. The average molecular weight is 360 g/mol. The van der Waals surface area contributed by atoms with Crippen molar-refractivity contribution in [1.29, 1.82) is 0 Å². The topological polar surface area (TPSA) is 74.8 Å². The molecule has 0 atom stereocenters. The third kappa shape index (κ3) is 3.76. The number of benzene rings is 1. The van der Waals surface area contributed by atoms with Crippen molar-refractivity contribution in [2.24, 2.45) is 0 Å². The summed E-state index contributed by atoms with van der Waals surface area (Å²) in [6.45, 7) is 3.64. The van der Waals surface area contributed by atoms with E-state index < -0.39 is 0 Å². The maximum Gasteiger partial charge on any atom is 0.345 e. The van der Waals surface area contributed by atoms with E-state index >= 15 is 0 Å². The van der Waals surface area contributed by atoms with E-state index in [0.29, 0.717) is 23.6 Å². The van der Waals surface area contributed by atoms with Crippen molar-refractivity contribution < 1.29 is 4.79 Å². The highest BCUT2D eigenvalue weighted by atomic mass is 35.5. The standard InChI is InChI=1S/C19H22ClN3O2/c1-12-16(13(2)22-18(25)21-12)8-9-17(24)23-19(10-3-11-19)14-4-6-15(20)7-5-14/h4-7H,3,8-11H2,1-2H3,(H,23,24)(H,21,22,25). The van der Waals surface area contributed by atoms with Crippen LogP contribution in [0.3, 0.4) is 0 Å². The number of carbonyl (C=O) groups is 1. The highest BCUT2D eigenvalue weighted by Crippen LogP contribution is 2.41. The molecule has 132 valence electrons. The van der Waals surface area contributed by atoms with Crippen molar-refractivity contribution in [1.82, 2.24) is 15.3 Å². The van der Waals surface area contributed by atoms with Gasteiger partial charge in [0.1, 0.15) is 0 Å². The van der Waals surface area contributed by atoms with Gasteiger partial charge in [-0.3, -0.25) is 4.79 Å². The number of hydrogen-bond donors (Lipinski definition) is 2. The molecule has 0 unspecified atom stereocenters. The van der Waals surface area contributed by atoms with Crippen molar-refractivity contribution in [3.05, 3.63) is 62.3 Å². The van der Waals surface area contributed by atoms with Crippen LogP contribution < -0.4 is 11.0 Å². The second-order valence-electron chi connectivity index (χ2n) is 6.72. The Hall–Kier alpha value is -2.14. The van der Waals surface area contributed by atoms with Crippen LogP contribution in [0.15, 0.2) is 29.1 Å². The number of amides is 1. The summed E-state index contributed by atoms with van der Waals surface area (Å²) in [6, 6.07) is 7.70. The van der Waals surface area contributed by atoms with Crippen LogP contribution in [0.2, 0.25) is 5.02 Å². The van der Waals surface area contributed by atoms with Crippen LogP contribution in [-0.4, -0.2) is 15.9 Å². The van der Waals surface area contributed by atoms with E-state index in [-0.39, 0.29) is 17.1 Å². The predicted molar refractivity (Wildman–Crippen MR) is 97.8 cm³/mol. The Bertz CT molecular complexity index is 812. The van der Waals surface area contributed by atoms with Crippen LogP contribution in [0, 0.1) is 13.8 Å².